The predicted molar refractivity (Wildman–Crippen MR) is 172 cm³/mol. The van der Waals surface area contributed by atoms with Crippen LogP contribution in [0.5, 0.6) is 5.75 Å². The molecule has 3 N–H and O–H groups in total. The van der Waals surface area contributed by atoms with Crippen LogP contribution in [0.25, 0.3) is 28.2 Å². The van der Waals surface area contributed by atoms with Crippen molar-refractivity contribution in [1.82, 2.24) is 29.0 Å². The molecular formula is C34H39N7O4. The van der Waals surface area contributed by atoms with Crippen LogP contribution in [0, 0.1) is 6.92 Å². The zero-order valence-electron chi connectivity index (χ0n) is 26.5. The Hall–Kier alpha value is -4.74. The normalized spacial score (nSPS) is 16.8. The Morgan fingerprint density at radius 2 is 1.96 bits per heavy atom. The van der Waals surface area contributed by atoms with Crippen LogP contribution in [0.1, 0.15) is 54.5 Å². The first-order valence-corrected chi connectivity index (χ1v) is 15.0. The molecule has 45 heavy (non-hydrogen) atoms. The minimum atomic E-state index is -1.22. The molecular weight excluding hydrogens is 570 g/mol. The van der Waals surface area contributed by atoms with Crippen molar-refractivity contribution in [1.29, 1.82) is 0 Å². The molecule has 1 unspecified atom stereocenters. The standard InChI is InChI=1S/C34H39N7O4/c1-21-29(23-10-11-26(45-6)25(17-23)32(42)40-14-12-34(4,44)20-40)31-37-27(33(2,3)43)18-28(41(31)38-21)36-19-22-8-7-9-24(16-22)30-35-13-15-39(30)5/h7-11,13,15-18,36,43-44H,12,14,19-20H2,1-6H3. The first-order valence-electron chi connectivity index (χ1n) is 15.0. The molecule has 1 saturated heterocycles. The van der Waals surface area contributed by atoms with E-state index in [0.29, 0.717) is 53.7 Å². The number of nitrogens with zero attached hydrogens (tertiary/aromatic N) is 6. The van der Waals surface area contributed by atoms with Crippen molar-refractivity contribution in [3.05, 3.63) is 83.4 Å². The van der Waals surface area contributed by atoms with Crippen LogP contribution in [0.2, 0.25) is 0 Å². The third-order valence-electron chi connectivity index (χ3n) is 8.33. The van der Waals surface area contributed by atoms with Gasteiger partial charge < -0.3 is 29.7 Å². The molecule has 0 aliphatic carbocycles. The number of aromatic nitrogens is 5. The van der Waals surface area contributed by atoms with Crippen LogP contribution >= 0.6 is 0 Å². The van der Waals surface area contributed by atoms with E-state index in [2.05, 4.69) is 16.4 Å². The van der Waals surface area contributed by atoms with Crippen molar-refractivity contribution in [2.45, 2.75) is 51.9 Å². The fraction of sp³-hybridized carbons (Fsp3) is 0.353. The number of anilines is 1. The summed E-state index contributed by atoms with van der Waals surface area (Å²) in [6, 6.07) is 15.5. The van der Waals surface area contributed by atoms with E-state index in [4.69, 9.17) is 14.8 Å². The van der Waals surface area contributed by atoms with Gasteiger partial charge >= 0.3 is 0 Å². The lowest BCUT2D eigenvalue weighted by molar-refractivity contribution is 0.0570. The SMILES string of the molecule is COc1ccc(-c2c(C)nn3c(NCc4cccc(-c5nccn5C)c4)cc(C(C)(C)O)nc23)cc1C(=O)N1CCC(C)(O)C1. The highest BCUT2D eigenvalue weighted by Crippen LogP contribution is 2.35. The average molecular weight is 610 g/mol. The number of hydrogen-bond donors (Lipinski definition) is 3. The molecule has 5 aromatic rings. The molecule has 1 atom stereocenters. The zero-order valence-corrected chi connectivity index (χ0v) is 26.5. The summed E-state index contributed by atoms with van der Waals surface area (Å²) in [6.07, 6.45) is 4.21. The second-order valence-corrected chi connectivity index (χ2v) is 12.6. The summed E-state index contributed by atoms with van der Waals surface area (Å²) in [4.78, 5) is 24.6. The van der Waals surface area contributed by atoms with E-state index in [-0.39, 0.29) is 12.5 Å². The van der Waals surface area contributed by atoms with Crippen LogP contribution in [0.3, 0.4) is 0 Å². The highest BCUT2D eigenvalue weighted by atomic mass is 16.5. The van der Waals surface area contributed by atoms with Gasteiger partial charge in [-0.1, -0.05) is 24.3 Å². The second kappa shape index (κ2) is 11.3. The number of amides is 1. The first kappa shape index (κ1) is 30.3. The predicted octanol–water partition coefficient (Wildman–Crippen LogP) is 4.55. The van der Waals surface area contributed by atoms with E-state index in [0.717, 1.165) is 28.1 Å². The van der Waals surface area contributed by atoms with E-state index in [9.17, 15) is 15.0 Å². The number of fused-ring (bicyclic) bond motifs is 1. The third-order valence-corrected chi connectivity index (χ3v) is 8.33. The maximum absolute atomic E-state index is 13.6. The molecule has 4 heterocycles. The lowest BCUT2D eigenvalue weighted by Crippen LogP contribution is -2.34. The summed E-state index contributed by atoms with van der Waals surface area (Å²) in [7, 11) is 3.50. The van der Waals surface area contributed by atoms with Crippen molar-refractivity contribution in [2.75, 3.05) is 25.5 Å². The number of aliphatic hydroxyl groups is 2. The number of carbonyl (C=O) groups is 1. The summed E-state index contributed by atoms with van der Waals surface area (Å²) >= 11 is 0. The Balaban J connectivity index is 1.40. The highest BCUT2D eigenvalue weighted by molar-refractivity contribution is 5.99. The number of β-amino-alcohol motifs (C(OH)–C–C–N with tert-alkyl or cyclic N) is 1. The number of aryl methyl sites for hydroxylation is 2. The van der Waals surface area contributed by atoms with Gasteiger partial charge in [-0.3, -0.25) is 4.79 Å². The molecule has 0 radical (unpaired) electrons. The number of nitrogens with one attached hydrogen (secondary N) is 1. The van der Waals surface area contributed by atoms with Gasteiger partial charge in [-0.15, -0.1) is 0 Å². The van der Waals surface area contributed by atoms with Gasteiger partial charge in [-0.25, -0.2) is 9.97 Å². The molecule has 1 aliphatic heterocycles. The highest BCUT2D eigenvalue weighted by Gasteiger charge is 2.35. The van der Waals surface area contributed by atoms with Gasteiger partial charge in [0.25, 0.3) is 5.91 Å². The summed E-state index contributed by atoms with van der Waals surface area (Å²) in [5, 5.41) is 29.9. The van der Waals surface area contributed by atoms with E-state index in [1.165, 1.54) is 7.11 Å². The number of benzene rings is 2. The van der Waals surface area contributed by atoms with Crippen LogP contribution in [-0.2, 0) is 19.2 Å². The summed E-state index contributed by atoms with van der Waals surface area (Å²) in [5.74, 6) is 1.79. The number of rotatable bonds is 8. The Bertz CT molecular complexity index is 1900. The lowest BCUT2D eigenvalue weighted by atomic mass is 10.0. The Labute approximate surface area is 262 Å². The fourth-order valence-corrected chi connectivity index (χ4v) is 5.88. The van der Waals surface area contributed by atoms with Crippen molar-refractivity contribution >= 4 is 17.4 Å². The van der Waals surface area contributed by atoms with Gasteiger partial charge in [0.15, 0.2) is 5.65 Å². The van der Waals surface area contributed by atoms with Crippen LogP contribution in [0.4, 0.5) is 5.82 Å². The number of hydrogen-bond acceptors (Lipinski definition) is 8. The van der Waals surface area contributed by atoms with E-state index in [1.807, 2.05) is 55.1 Å². The topological polar surface area (TPSA) is 130 Å². The number of methoxy groups -OCH3 is 1. The second-order valence-electron chi connectivity index (χ2n) is 12.6. The van der Waals surface area contributed by atoms with Crippen LogP contribution in [0.15, 0.2) is 60.9 Å². The average Bonchev–Trinajstić information content (AvgIpc) is 3.70. The van der Waals surface area contributed by atoms with Gasteiger partial charge in [0.05, 0.1) is 29.7 Å². The Morgan fingerprint density at radius 1 is 1.16 bits per heavy atom. The molecule has 2 aromatic carbocycles. The number of likely N-dealkylation sites (tertiary alicyclic amines) is 1. The quantitative estimate of drug-likeness (QED) is 0.234. The van der Waals surface area contributed by atoms with Crippen molar-refractivity contribution in [3.8, 4) is 28.3 Å². The van der Waals surface area contributed by atoms with E-state index >= 15 is 0 Å². The van der Waals surface area contributed by atoms with Gasteiger partial charge in [-0.2, -0.15) is 9.61 Å². The molecule has 3 aromatic heterocycles. The Morgan fingerprint density at radius 3 is 2.62 bits per heavy atom. The molecule has 11 nitrogen and oxygen atoms in total. The summed E-state index contributed by atoms with van der Waals surface area (Å²) in [6.45, 7) is 8.25. The van der Waals surface area contributed by atoms with Crippen molar-refractivity contribution in [3.63, 3.8) is 0 Å². The van der Waals surface area contributed by atoms with Gasteiger partial charge in [0, 0.05) is 56.3 Å². The summed E-state index contributed by atoms with van der Waals surface area (Å²) < 4.78 is 9.29. The van der Waals surface area contributed by atoms with Crippen LogP contribution < -0.4 is 10.1 Å². The van der Waals surface area contributed by atoms with Gasteiger partial charge in [-0.05, 0) is 63.4 Å². The maximum Gasteiger partial charge on any atom is 0.257 e. The largest absolute Gasteiger partial charge is 0.496 e. The molecule has 234 valence electrons. The van der Waals surface area contributed by atoms with E-state index < -0.39 is 11.2 Å². The van der Waals surface area contributed by atoms with Gasteiger partial charge in [0.2, 0.25) is 0 Å². The fourth-order valence-electron chi connectivity index (χ4n) is 5.88. The molecule has 1 amide bonds. The molecule has 0 spiro atoms. The zero-order chi connectivity index (χ0) is 32.1. The molecule has 0 bridgehead atoms. The lowest BCUT2D eigenvalue weighted by Gasteiger charge is -2.21. The minimum Gasteiger partial charge on any atom is -0.496 e. The Kier molecular flexibility index (Phi) is 7.62. The number of carbonyl (C=O) groups excluding carboxylic acids is 1. The maximum atomic E-state index is 13.6. The number of ether oxygens (including phenoxy) is 1. The van der Waals surface area contributed by atoms with Crippen LogP contribution in [-0.4, -0.2) is 71.0 Å². The molecule has 11 heteroatoms. The monoisotopic (exact) mass is 609 g/mol. The smallest absolute Gasteiger partial charge is 0.257 e. The first-order chi connectivity index (χ1) is 21.3. The molecule has 0 saturated carbocycles. The van der Waals surface area contributed by atoms with Crippen molar-refractivity contribution < 1.29 is 19.7 Å². The third kappa shape index (κ3) is 5.88. The molecule has 6 rings (SSSR count). The molecule has 1 fully saturated rings. The van der Waals surface area contributed by atoms with Crippen molar-refractivity contribution in [2.24, 2.45) is 7.05 Å². The van der Waals surface area contributed by atoms with Gasteiger partial charge in [0.1, 0.15) is 23.0 Å². The summed E-state index contributed by atoms with van der Waals surface area (Å²) in [5.41, 5.74) is 3.54. The number of imidazole rings is 1. The minimum absolute atomic E-state index is 0.208. The van der Waals surface area contributed by atoms with E-state index in [1.54, 1.807) is 48.5 Å². The molecule has 1 aliphatic rings.